The van der Waals surface area contributed by atoms with Gasteiger partial charge in [-0.25, -0.2) is 9.78 Å². The fourth-order valence-corrected chi connectivity index (χ4v) is 2.58. The number of nitrogens with two attached hydrogens (primary N) is 1. The van der Waals surface area contributed by atoms with E-state index in [9.17, 15) is 9.59 Å². The number of hydrogen-bond donors (Lipinski definition) is 2. The summed E-state index contributed by atoms with van der Waals surface area (Å²) in [6.45, 7) is 1.96. The fraction of sp³-hybridized carbons (Fsp3) is 0.429. The van der Waals surface area contributed by atoms with E-state index in [2.05, 4.69) is 15.1 Å². The summed E-state index contributed by atoms with van der Waals surface area (Å²) in [5.41, 5.74) is 7.41. The van der Waals surface area contributed by atoms with E-state index >= 15 is 0 Å². The number of nitrogens with zero attached hydrogens (tertiary/aromatic N) is 3. The largest absolute Gasteiger partial charge is 0.462 e. The number of fused-ring (bicyclic) bond motifs is 1. The third kappa shape index (κ3) is 2.36. The summed E-state index contributed by atoms with van der Waals surface area (Å²) in [5.74, 6) is -0.234. The van der Waals surface area contributed by atoms with Crippen LogP contribution in [-0.2, 0) is 17.6 Å². The van der Waals surface area contributed by atoms with Gasteiger partial charge in [-0.1, -0.05) is 0 Å². The number of esters is 1. The van der Waals surface area contributed by atoms with Crippen molar-refractivity contribution in [1.29, 1.82) is 0 Å². The van der Waals surface area contributed by atoms with Crippen LogP contribution >= 0.6 is 0 Å². The summed E-state index contributed by atoms with van der Waals surface area (Å²) in [4.78, 5) is 31.0. The van der Waals surface area contributed by atoms with Crippen LogP contribution in [0.15, 0.2) is 11.0 Å². The molecule has 1 aliphatic carbocycles. The first-order valence-corrected chi connectivity index (χ1v) is 7.25. The Morgan fingerprint density at radius 1 is 1.45 bits per heavy atom. The second kappa shape index (κ2) is 5.63. The van der Waals surface area contributed by atoms with E-state index in [1.54, 1.807) is 6.92 Å². The Labute approximate surface area is 126 Å². The predicted octanol–water partition coefficient (Wildman–Crippen LogP) is 0.593. The second-order valence-electron chi connectivity index (χ2n) is 5.10. The van der Waals surface area contributed by atoms with E-state index in [1.807, 2.05) is 0 Å². The van der Waals surface area contributed by atoms with E-state index in [0.717, 1.165) is 36.9 Å². The lowest BCUT2D eigenvalue weighted by Crippen LogP contribution is -2.24. The molecule has 0 bridgehead atoms. The Morgan fingerprint density at radius 2 is 2.23 bits per heavy atom. The van der Waals surface area contributed by atoms with E-state index in [4.69, 9.17) is 10.5 Å². The molecule has 0 fully saturated rings. The molecule has 0 atom stereocenters. The molecule has 0 amide bonds. The molecule has 2 aromatic rings. The van der Waals surface area contributed by atoms with Crippen molar-refractivity contribution in [3.8, 4) is 5.95 Å². The zero-order chi connectivity index (χ0) is 15.7. The van der Waals surface area contributed by atoms with Crippen molar-refractivity contribution in [2.75, 3.05) is 12.3 Å². The van der Waals surface area contributed by atoms with Crippen LogP contribution in [0.1, 0.15) is 41.4 Å². The van der Waals surface area contributed by atoms with Crippen LogP contribution in [0.2, 0.25) is 0 Å². The number of anilines is 1. The summed E-state index contributed by atoms with van der Waals surface area (Å²) >= 11 is 0. The lowest BCUT2D eigenvalue weighted by molar-refractivity contribution is 0.0527. The van der Waals surface area contributed by atoms with Gasteiger partial charge in [0.2, 0.25) is 5.95 Å². The summed E-state index contributed by atoms with van der Waals surface area (Å²) in [6, 6.07) is 0. The molecular weight excluding hydrogens is 286 g/mol. The summed E-state index contributed by atoms with van der Waals surface area (Å²) in [7, 11) is 0. The number of nitrogen functional groups attached to an aromatic ring is 1. The smallest absolute Gasteiger partial charge is 0.343 e. The number of rotatable bonds is 3. The lowest BCUT2D eigenvalue weighted by atomic mass is 9.97. The monoisotopic (exact) mass is 303 g/mol. The number of H-pyrrole nitrogens is 1. The Kier molecular flexibility index (Phi) is 3.66. The quantitative estimate of drug-likeness (QED) is 0.802. The van der Waals surface area contributed by atoms with Gasteiger partial charge in [0.1, 0.15) is 11.4 Å². The van der Waals surface area contributed by atoms with Gasteiger partial charge in [-0.3, -0.25) is 9.78 Å². The third-order valence-electron chi connectivity index (χ3n) is 3.68. The Balaban J connectivity index is 2.04. The number of aromatic nitrogens is 4. The maximum atomic E-state index is 12.1. The van der Waals surface area contributed by atoms with Gasteiger partial charge in [0.15, 0.2) is 0 Å². The first kappa shape index (κ1) is 14.3. The maximum Gasteiger partial charge on any atom is 0.343 e. The molecule has 0 unspecified atom stereocenters. The van der Waals surface area contributed by atoms with Crippen LogP contribution in [0, 0.1) is 0 Å². The Hall–Kier alpha value is -2.64. The van der Waals surface area contributed by atoms with Crippen molar-refractivity contribution >= 4 is 11.8 Å². The molecule has 0 saturated heterocycles. The average Bonchev–Trinajstić information content (AvgIpc) is 2.89. The SMILES string of the molecule is CCOC(=O)c1cnn(-c2nc3c(c(=O)[nH]2)CCCC3)c1N. The zero-order valence-corrected chi connectivity index (χ0v) is 12.3. The number of aromatic amines is 1. The van der Waals surface area contributed by atoms with Gasteiger partial charge in [0.25, 0.3) is 5.56 Å². The van der Waals surface area contributed by atoms with Crippen molar-refractivity contribution in [3.05, 3.63) is 33.4 Å². The van der Waals surface area contributed by atoms with Gasteiger partial charge in [-0.2, -0.15) is 9.78 Å². The van der Waals surface area contributed by atoms with E-state index in [0.29, 0.717) is 0 Å². The number of hydrogen-bond acceptors (Lipinski definition) is 6. The van der Waals surface area contributed by atoms with Gasteiger partial charge >= 0.3 is 5.97 Å². The van der Waals surface area contributed by atoms with Crippen molar-refractivity contribution in [2.45, 2.75) is 32.6 Å². The number of nitrogens with one attached hydrogen (secondary N) is 1. The van der Waals surface area contributed by atoms with Gasteiger partial charge in [-0.05, 0) is 32.6 Å². The van der Waals surface area contributed by atoms with Gasteiger partial charge in [-0.15, -0.1) is 0 Å². The van der Waals surface area contributed by atoms with E-state index in [-0.39, 0.29) is 29.5 Å². The molecule has 8 nitrogen and oxygen atoms in total. The van der Waals surface area contributed by atoms with Crippen molar-refractivity contribution in [3.63, 3.8) is 0 Å². The first-order valence-electron chi connectivity index (χ1n) is 7.25. The fourth-order valence-electron chi connectivity index (χ4n) is 2.58. The molecule has 2 heterocycles. The van der Waals surface area contributed by atoms with Crippen molar-refractivity contribution in [2.24, 2.45) is 0 Å². The summed E-state index contributed by atoms with van der Waals surface area (Å²) < 4.78 is 6.16. The van der Waals surface area contributed by atoms with Crippen LogP contribution < -0.4 is 11.3 Å². The highest BCUT2D eigenvalue weighted by Crippen LogP contribution is 2.19. The minimum absolute atomic E-state index is 0.0948. The lowest BCUT2D eigenvalue weighted by Gasteiger charge is -2.14. The molecule has 0 aromatic carbocycles. The third-order valence-corrected chi connectivity index (χ3v) is 3.68. The summed E-state index contributed by atoms with van der Waals surface area (Å²) in [6.07, 6.45) is 4.81. The second-order valence-corrected chi connectivity index (χ2v) is 5.10. The molecule has 1 aliphatic rings. The summed E-state index contributed by atoms with van der Waals surface area (Å²) in [5, 5.41) is 4.04. The average molecular weight is 303 g/mol. The Morgan fingerprint density at radius 3 is 3.00 bits per heavy atom. The highest BCUT2D eigenvalue weighted by molar-refractivity contribution is 5.94. The van der Waals surface area contributed by atoms with Crippen molar-refractivity contribution < 1.29 is 9.53 Å². The van der Waals surface area contributed by atoms with Gasteiger partial charge < -0.3 is 10.5 Å². The minimum atomic E-state index is -0.549. The van der Waals surface area contributed by atoms with Crippen LogP contribution in [-0.4, -0.2) is 32.3 Å². The number of carbonyl (C=O) groups is 1. The normalized spacial score (nSPS) is 13.7. The van der Waals surface area contributed by atoms with Crippen LogP contribution in [0.5, 0.6) is 0 Å². The van der Waals surface area contributed by atoms with Gasteiger partial charge in [0, 0.05) is 5.56 Å². The highest BCUT2D eigenvalue weighted by Gasteiger charge is 2.21. The first-order chi connectivity index (χ1) is 10.6. The molecule has 0 aliphatic heterocycles. The molecule has 116 valence electrons. The maximum absolute atomic E-state index is 12.1. The molecule has 0 saturated carbocycles. The standard InChI is InChI=1S/C14H17N5O3/c1-2-22-13(21)9-7-16-19(11(9)15)14-17-10-6-4-3-5-8(10)12(20)18-14/h7H,2-6,15H2,1H3,(H,17,18,20). The number of aryl methyl sites for hydroxylation is 1. The number of carbonyl (C=O) groups excluding carboxylic acids is 1. The molecule has 0 spiro atoms. The molecule has 3 rings (SSSR count). The molecule has 8 heteroatoms. The molecule has 0 radical (unpaired) electrons. The van der Waals surface area contributed by atoms with E-state index < -0.39 is 5.97 Å². The van der Waals surface area contributed by atoms with Crippen LogP contribution in [0.25, 0.3) is 5.95 Å². The molecular formula is C14H17N5O3. The Bertz CT molecular complexity index is 777. The van der Waals surface area contributed by atoms with Gasteiger partial charge in [0.05, 0.1) is 18.5 Å². The molecule has 2 aromatic heterocycles. The zero-order valence-electron chi connectivity index (χ0n) is 12.3. The van der Waals surface area contributed by atoms with E-state index in [1.165, 1.54) is 10.9 Å². The number of ether oxygens (including phenoxy) is 1. The minimum Gasteiger partial charge on any atom is -0.462 e. The topological polar surface area (TPSA) is 116 Å². The van der Waals surface area contributed by atoms with Crippen LogP contribution in [0.4, 0.5) is 5.82 Å². The predicted molar refractivity (Wildman–Crippen MR) is 79.0 cm³/mol. The van der Waals surface area contributed by atoms with Crippen LogP contribution in [0.3, 0.4) is 0 Å². The van der Waals surface area contributed by atoms with Crippen molar-refractivity contribution in [1.82, 2.24) is 19.7 Å². The molecule has 3 N–H and O–H groups in total. The molecule has 22 heavy (non-hydrogen) atoms. The highest BCUT2D eigenvalue weighted by atomic mass is 16.5.